The van der Waals surface area contributed by atoms with Crippen LogP contribution in [0.3, 0.4) is 0 Å². The van der Waals surface area contributed by atoms with Gasteiger partial charge in [0.25, 0.3) is 0 Å². The van der Waals surface area contributed by atoms with E-state index < -0.39 is 0 Å². The summed E-state index contributed by atoms with van der Waals surface area (Å²) in [7, 11) is 0. The van der Waals surface area contributed by atoms with Gasteiger partial charge in [0.15, 0.2) is 0 Å². The number of ether oxygens (including phenoxy) is 1. The summed E-state index contributed by atoms with van der Waals surface area (Å²) in [5.41, 5.74) is 7.49. The summed E-state index contributed by atoms with van der Waals surface area (Å²) in [4.78, 5) is 0. The third kappa shape index (κ3) is 2.82. The van der Waals surface area contributed by atoms with Crippen LogP contribution in [0.1, 0.15) is 50.6 Å². The van der Waals surface area contributed by atoms with E-state index in [9.17, 15) is 0 Å². The van der Waals surface area contributed by atoms with Gasteiger partial charge < -0.3 is 10.5 Å². The van der Waals surface area contributed by atoms with E-state index in [-0.39, 0.29) is 6.04 Å². The van der Waals surface area contributed by atoms with Crippen LogP contribution in [0.2, 0.25) is 0 Å². The number of benzene rings is 1. The monoisotopic (exact) mass is 323 g/mol. The number of rotatable bonds is 1. The van der Waals surface area contributed by atoms with Crippen molar-refractivity contribution < 1.29 is 4.74 Å². The molecule has 1 heterocycles. The van der Waals surface area contributed by atoms with E-state index in [1.165, 1.54) is 25.7 Å². The average Bonchev–Trinajstić information content (AvgIpc) is 2.38. The standard InChI is InChI=1S/C16H22BrNO/c1-10-3-2-4-11(7-10)15-9-14(18)13-6-5-12(17)8-16(13)19-15/h5-6,8,10-11,14-15H,2-4,7,9,18H2,1H3/t10?,11?,14-,15?/m0/s1. The highest BCUT2D eigenvalue weighted by molar-refractivity contribution is 9.10. The van der Waals surface area contributed by atoms with E-state index in [1.54, 1.807) is 0 Å². The second kappa shape index (κ2) is 5.45. The van der Waals surface area contributed by atoms with Crippen LogP contribution >= 0.6 is 15.9 Å². The lowest BCUT2D eigenvalue weighted by molar-refractivity contribution is 0.0665. The molecule has 1 fully saturated rings. The first-order valence-electron chi connectivity index (χ1n) is 7.35. The first-order valence-corrected chi connectivity index (χ1v) is 8.14. The summed E-state index contributed by atoms with van der Waals surface area (Å²) in [5.74, 6) is 2.50. The summed E-state index contributed by atoms with van der Waals surface area (Å²) in [6.45, 7) is 2.36. The summed E-state index contributed by atoms with van der Waals surface area (Å²) < 4.78 is 7.33. The molecule has 2 N–H and O–H groups in total. The maximum absolute atomic E-state index is 6.33. The van der Waals surface area contributed by atoms with Crippen LogP contribution in [0.25, 0.3) is 0 Å². The molecule has 0 saturated heterocycles. The normalized spacial score (nSPS) is 34.5. The van der Waals surface area contributed by atoms with E-state index in [0.717, 1.165) is 28.1 Å². The predicted molar refractivity (Wildman–Crippen MR) is 81.2 cm³/mol. The number of hydrogen-bond donors (Lipinski definition) is 1. The first kappa shape index (κ1) is 13.4. The Morgan fingerprint density at radius 3 is 2.89 bits per heavy atom. The number of hydrogen-bond acceptors (Lipinski definition) is 2. The van der Waals surface area contributed by atoms with Gasteiger partial charge in [-0.2, -0.15) is 0 Å². The topological polar surface area (TPSA) is 35.2 Å². The molecule has 1 aliphatic carbocycles. The molecule has 2 nitrogen and oxygen atoms in total. The van der Waals surface area contributed by atoms with Crippen LogP contribution in [0.4, 0.5) is 0 Å². The van der Waals surface area contributed by atoms with Crippen molar-refractivity contribution in [3.05, 3.63) is 28.2 Å². The van der Waals surface area contributed by atoms with E-state index in [0.29, 0.717) is 12.0 Å². The molecule has 0 bridgehead atoms. The van der Waals surface area contributed by atoms with Crippen LogP contribution in [0, 0.1) is 11.8 Å². The molecule has 19 heavy (non-hydrogen) atoms. The highest BCUT2D eigenvalue weighted by atomic mass is 79.9. The van der Waals surface area contributed by atoms with E-state index in [4.69, 9.17) is 10.5 Å². The van der Waals surface area contributed by atoms with Crippen LogP contribution in [0.5, 0.6) is 5.75 Å². The smallest absolute Gasteiger partial charge is 0.125 e. The highest BCUT2D eigenvalue weighted by Gasteiger charge is 2.33. The number of nitrogens with two attached hydrogens (primary N) is 1. The number of fused-ring (bicyclic) bond motifs is 1. The van der Waals surface area contributed by atoms with Gasteiger partial charge in [-0.25, -0.2) is 0 Å². The van der Waals surface area contributed by atoms with Gasteiger partial charge in [-0.3, -0.25) is 0 Å². The minimum Gasteiger partial charge on any atom is -0.490 e. The van der Waals surface area contributed by atoms with Crippen molar-refractivity contribution in [1.82, 2.24) is 0 Å². The van der Waals surface area contributed by atoms with Gasteiger partial charge in [0.2, 0.25) is 0 Å². The Balaban J connectivity index is 1.80. The Bertz CT molecular complexity index is 462. The van der Waals surface area contributed by atoms with Gasteiger partial charge in [0.05, 0.1) is 0 Å². The van der Waals surface area contributed by atoms with Crippen molar-refractivity contribution >= 4 is 15.9 Å². The maximum atomic E-state index is 6.33. The Hall–Kier alpha value is -0.540. The van der Waals surface area contributed by atoms with Crippen molar-refractivity contribution in [3.63, 3.8) is 0 Å². The zero-order valence-corrected chi connectivity index (χ0v) is 13.0. The molecule has 4 atom stereocenters. The van der Waals surface area contributed by atoms with Crippen LogP contribution in [-0.4, -0.2) is 6.10 Å². The fraction of sp³-hybridized carbons (Fsp3) is 0.625. The molecule has 1 saturated carbocycles. The molecule has 2 aliphatic rings. The van der Waals surface area contributed by atoms with E-state index in [2.05, 4.69) is 35.0 Å². The van der Waals surface area contributed by atoms with Crippen molar-refractivity contribution in [2.45, 2.75) is 51.2 Å². The van der Waals surface area contributed by atoms with E-state index in [1.807, 2.05) is 6.07 Å². The molecule has 3 heteroatoms. The van der Waals surface area contributed by atoms with E-state index >= 15 is 0 Å². The maximum Gasteiger partial charge on any atom is 0.125 e. The highest BCUT2D eigenvalue weighted by Crippen LogP contribution is 2.41. The molecule has 0 spiro atoms. The average molecular weight is 324 g/mol. The number of halogens is 1. The molecule has 3 unspecified atom stereocenters. The van der Waals surface area contributed by atoms with Crippen LogP contribution < -0.4 is 10.5 Å². The second-order valence-corrected chi connectivity index (χ2v) is 7.13. The van der Waals surface area contributed by atoms with Gasteiger partial charge in [-0.05, 0) is 36.8 Å². The molecule has 0 aromatic heterocycles. The fourth-order valence-corrected chi connectivity index (χ4v) is 3.95. The van der Waals surface area contributed by atoms with Crippen LogP contribution in [0.15, 0.2) is 22.7 Å². The van der Waals surface area contributed by atoms with Gasteiger partial charge >= 0.3 is 0 Å². The Morgan fingerprint density at radius 2 is 2.11 bits per heavy atom. The molecule has 104 valence electrons. The van der Waals surface area contributed by atoms with Crippen molar-refractivity contribution in [2.24, 2.45) is 17.6 Å². The molecule has 1 aliphatic heterocycles. The third-order valence-corrected chi connectivity index (χ3v) is 5.14. The van der Waals surface area contributed by atoms with Gasteiger partial charge in [-0.1, -0.05) is 41.8 Å². The lowest BCUT2D eigenvalue weighted by Gasteiger charge is -2.38. The predicted octanol–water partition coefficient (Wildman–Crippen LogP) is 4.43. The SMILES string of the molecule is CC1CCCC(C2C[C@H](N)c3ccc(Br)cc3O2)C1. The Labute approximate surface area is 123 Å². The van der Waals surface area contributed by atoms with Crippen molar-refractivity contribution in [2.75, 3.05) is 0 Å². The van der Waals surface area contributed by atoms with Crippen LogP contribution in [-0.2, 0) is 0 Å². The summed E-state index contributed by atoms with van der Waals surface area (Å²) in [6, 6.07) is 6.32. The van der Waals surface area contributed by atoms with Gasteiger partial charge in [0.1, 0.15) is 11.9 Å². The quantitative estimate of drug-likeness (QED) is 0.829. The lowest BCUT2D eigenvalue weighted by atomic mass is 9.77. The molecule has 0 radical (unpaired) electrons. The Kier molecular flexibility index (Phi) is 3.86. The molecule has 3 rings (SSSR count). The van der Waals surface area contributed by atoms with Crippen molar-refractivity contribution in [3.8, 4) is 5.75 Å². The minimum atomic E-state index is 0.124. The van der Waals surface area contributed by atoms with Gasteiger partial charge in [-0.15, -0.1) is 0 Å². The molecule has 0 amide bonds. The summed E-state index contributed by atoms with van der Waals surface area (Å²) in [6.07, 6.45) is 6.57. The zero-order valence-electron chi connectivity index (χ0n) is 11.4. The molecule has 1 aromatic carbocycles. The summed E-state index contributed by atoms with van der Waals surface area (Å²) in [5, 5.41) is 0. The molecule has 1 aromatic rings. The third-order valence-electron chi connectivity index (χ3n) is 4.64. The minimum absolute atomic E-state index is 0.124. The largest absolute Gasteiger partial charge is 0.490 e. The lowest BCUT2D eigenvalue weighted by Crippen LogP contribution is -2.37. The Morgan fingerprint density at radius 1 is 1.26 bits per heavy atom. The molecular formula is C16H22BrNO. The summed E-state index contributed by atoms with van der Waals surface area (Å²) >= 11 is 3.52. The molecular weight excluding hydrogens is 302 g/mol. The zero-order chi connectivity index (χ0) is 13.4. The van der Waals surface area contributed by atoms with Gasteiger partial charge in [0, 0.05) is 22.5 Å². The van der Waals surface area contributed by atoms with Crippen molar-refractivity contribution in [1.29, 1.82) is 0 Å². The second-order valence-electron chi connectivity index (χ2n) is 6.21. The first-order chi connectivity index (χ1) is 9.13. The fourth-order valence-electron chi connectivity index (χ4n) is 3.61.